The Hall–Kier alpha value is -2.19. The fourth-order valence-corrected chi connectivity index (χ4v) is 3.98. The molecule has 24 heavy (non-hydrogen) atoms. The Morgan fingerprint density at radius 3 is 2.50 bits per heavy atom. The van der Waals surface area contributed by atoms with Crippen molar-refractivity contribution in [3.05, 3.63) is 42.7 Å². The van der Waals surface area contributed by atoms with Gasteiger partial charge < -0.3 is 10.2 Å². The van der Waals surface area contributed by atoms with E-state index in [1.807, 2.05) is 36.4 Å². The molecule has 1 fully saturated rings. The lowest BCUT2D eigenvalue weighted by atomic mass is 10.1. The summed E-state index contributed by atoms with van der Waals surface area (Å²) in [5.41, 5.74) is 0.959. The number of anilines is 3. The summed E-state index contributed by atoms with van der Waals surface area (Å²) in [5, 5.41) is 2.91. The number of nitrogens with one attached hydrogen (secondary N) is 2. The van der Waals surface area contributed by atoms with E-state index in [-0.39, 0.29) is 5.25 Å². The number of hydrogen-bond donors (Lipinski definition) is 2. The van der Waals surface area contributed by atoms with Crippen LogP contribution in [0.15, 0.2) is 42.7 Å². The molecule has 1 saturated heterocycles. The van der Waals surface area contributed by atoms with Gasteiger partial charge in [-0.25, -0.2) is 23.1 Å². The van der Waals surface area contributed by atoms with Crippen LogP contribution in [0.2, 0.25) is 0 Å². The molecule has 0 saturated carbocycles. The molecule has 2 heterocycles. The van der Waals surface area contributed by atoms with Crippen molar-refractivity contribution in [1.82, 2.24) is 14.7 Å². The van der Waals surface area contributed by atoms with Gasteiger partial charge in [-0.15, -0.1) is 0 Å². The van der Waals surface area contributed by atoms with Crippen molar-refractivity contribution >= 4 is 27.3 Å². The van der Waals surface area contributed by atoms with Crippen molar-refractivity contribution in [2.75, 3.05) is 30.4 Å². The number of hydrogen-bond acceptors (Lipinski definition) is 6. The molecule has 128 valence electrons. The van der Waals surface area contributed by atoms with Gasteiger partial charge in [-0.3, -0.25) is 0 Å². The fraction of sp³-hybridized carbons (Fsp3) is 0.375. The largest absolute Gasteiger partial charge is 0.356 e. The third-order valence-electron chi connectivity index (χ3n) is 4.19. The Balaban J connectivity index is 1.67. The van der Waals surface area contributed by atoms with Crippen LogP contribution >= 0.6 is 0 Å². The van der Waals surface area contributed by atoms with Gasteiger partial charge in [0.25, 0.3) is 0 Å². The molecule has 8 heteroatoms. The summed E-state index contributed by atoms with van der Waals surface area (Å²) in [5.74, 6) is 1.53. The van der Waals surface area contributed by atoms with Crippen LogP contribution in [0.5, 0.6) is 0 Å². The van der Waals surface area contributed by atoms with Crippen molar-refractivity contribution in [2.45, 2.75) is 18.1 Å². The van der Waals surface area contributed by atoms with Crippen LogP contribution in [0.1, 0.15) is 12.8 Å². The molecule has 0 amide bonds. The number of sulfonamides is 1. The number of aromatic nitrogens is 2. The molecule has 1 aliphatic heterocycles. The minimum Gasteiger partial charge on any atom is -0.356 e. The first kappa shape index (κ1) is 16.7. The first-order chi connectivity index (χ1) is 11.6. The van der Waals surface area contributed by atoms with Crippen molar-refractivity contribution < 1.29 is 8.42 Å². The third-order valence-corrected chi connectivity index (χ3v) is 6.11. The quantitative estimate of drug-likeness (QED) is 0.857. The highest BCUT2D eigenvalue weighted by Gasteiger charge is 2.29. The Morgan fingerprint density at radius 1 is 1.12 bits per heavy atom. The highest BCUT2D eigenvalue weighted by atomic mass is 32.2. The number of para-hydroxylation sites is 1. The van der Waals surface area contributed by atoms with Crippen molar-refractivity contribution in [1.29, 1.82) is 0 Å². The highest BCUT2D eigenvalue weighted by Crippen LogP contribution is 2.23. The van der Waals surface area contributed by atoms with E-state index in [1.54, 1.807) is 0 Å². The Morgan fingerprint density at radius 2 is 1.83 bits per heavy atom. The van der Waals surface area contributed by atoms with E-state index in [2.05, 4.69) is 24.9 Å². The summed E-state index contributed by atoms with van der Waals surface area (Å²) in [6.07, 6.45) is 2.71. The summed E-state index contributed by atoms with van der Waals surface area (Å²) in [7, 11) is -1.73. The standard InChI is InChI=1S/C16H21N5O2S/c1-17-24(22,23)14-7-9-21(10-8-14)16-11-15(18-12-19-16)20-13-5-3-2-4-6-13/h2-6,11-12,14,17H,7-10H2,1H3,(H,18,19,20). The summed E-state index contributed by atoms with van der Waals surface area (Å²) < 4.78 is 26.2. The predicted octanol–water partition coefficient (Wildman–Crippen LogP) is 1.74. The second-order valence-electron chi connectivity index (χ2n) is 5.69. The average Bonchev–Trinajstić information content (AvgIpc) is 2.63. The molecule has 0 radical (unpaired) electrons. The van der Waals surface area contributed by atoms with Gasteiger partial charge in [0.2, 0.25) is 10.0 Å². The second kappa shape index (κ2) is 7.14. The van der Waals surface area contributed by atoms with Gasteiger partial charge in [0, 0.05) is 24.8 Å². The van der Waals surface area contributed by atoms with Crippen molar-refractivity contribution in [3.8, 4) is 0 Å². The van der Waals surface area contributed by atoms with Gasteiger partial charge >= 0.3 is 0 Å². The molecule has 0 bridgehead atoms. The SMILES string of the molecule is CNS(=O)(=O)C1CCN(c2cc(Nc3ccccc3)ncn2)CC1. The molecule has 1 aromatic carbocycles. The van der Waals surface area contributed by atoms with E-state index in [0.717, 1.165) is 17.3 Å². The Labute approximate surface area is 142 Å². The van der Waals surface area contributed by atoms with E-state index >= 15 is 0 Å². The minimum absolute atomic E-state index is 0.331. The molecule has 0 unspecified atom stereocenters. The molecule has 2 N–H and O–H groups in total. The molecule has 3 rings (SSSR count). The van der Waals surface area contributed by atoms with Gasteiger partial charge in [-0.05, 0) is 32.0 Å². The summed E-state index contributed by atoms with van der Waals surface area (Å²) in [6, 6.07) is 11.7. The van der Waals surface area contributed by atoms with Crippen LogP contribution in [0.25, 0.3) is 0 Å². The van der Waals surface area contributed by atoms with Crippen molar-refractivity contribution in [3.63, 3.8) is 0 Å². The van der Waals surface area contributed by atoms with Gasteiger partial charge in [0.05, 0.1) is 5.25 Å². The zero-order valence-electron chi connectivity index (χ0n) is 13.5. The molecule has 7 nitrogen and oxygen atoms in total. The molecular formula is C16H21N5O2S. The second-order valence-corrected chi connectivity index (χ2v) is 7.85. The lowest BCUT2D eigenvalue weighted by molar-refractivity contribution is 0.522. The average molecular weight is 347 g/mol. The number of nitrogens with zero attached hydrogens (tertiary/aromatic N) is 3. The van der Waals surface area contributed by atoms with Crippen LogP contribution in [0.3, 0.4) is 0 Å². The normalized spacial score (nSPS) is 16.1. The van der Waals surface area contributed by atoms with Gasteiger partial charge in [0.15, 0.2) is 0 Å². The van der Waals surface area contributed by atoms with E-state index in [1.165, 1.54) is 13.4 Å². The van der Waals surface area contributed by atoms with Gasteiger partial charge in [-0.2, -0.15) is 0 Å². The van der Waals surface area contributed by atoms with Crippen molar-refractivity contribution in [2.24, 2.45) is 0 Å². The van der Waals surface area contributed by atoms with Crippen LogP contribution in [-0.2, 0) is 10.0 Å². The summed E-state index contributed by atoms with van der Waals surface area (Å²) >= 11 is 0. The zero-order chi connectivity index (χ0) is 17.0. The van der Waals surface area contributed by atoms with Crippen LogP contribution in [-0.4, -0.2) is 43.8 Å². The first-order valence-corrected chi connectivity index (χ1v) is 9.44. The van der Waals surface area contributed by atoms with E-state index in [4.69, 9.17) is 0 Å². The van der Waals surface area contributed by atoms with E-state index < -0.39 is 10.0 Å². The first-order valence-electron chi connectivity index (χ1n) is 7.90. The molecule has 0 spiro atoms. The summed E-state index contributed by atoms with van der Waals surface area (Å²) in [4.78, 5) is 10.7. The fourth-order valence-electron chi connectivity index (χ4n) is 2.82. The van der Waals surface area contributed by atoms with E-state index in [0.29, 0.717) is 25.9 Å². The molecule has 0 aliphatic carbocycles. The van der Waals surface area contributed by atoms with Gasteiger partial charge in [0.1, 0.15) is 18.0 Å². The molecule has 1 aromatic heterocycles. The van der Waals surface area contributed by atoms with Crippen LogP contribution in [0, 0.1) is 0 Å². The smallest absolute Gasteiger partial charge is 0.214 e. The third kappa shape index (κ3) is 3.82. The molecule has 1 aliphatic rings. The zero-order valence-corrected chi connectivity index (χ0v) is 14.3. The lowest BCUT2D eigenvalue weighted by Gasteiger charge is -2.32. The monoisotopic (exact) mass is 347 g/mol. The Kier molecular flexibility index (Phi) is 4.96. The molecule has 0 atom stereocenters. The number of rotatable bonds is 5. The number of benzene rings is 1. The van der Waals surface area contributed by atoms with Crippen LogP contribution in [0.4, 0.5) is 17.3 Å². The maximum Gasteiger partial charge on any atom is 0.214 e. The van der Waals surface area contributed by atoms with Gasteiger partial charge in [-0.1, -0.05) is 18.2 Å². The Bertz CT molecular complexity index is 774. The maximum atomic E-state index is 11.9. The minimum atomic E-state index is -3.20. The number of piperidine rings is 1. The molecule has 2 aromatic rings. The maximum absolute atomic E-state index is 11.9. The molecular weight excluding hydrogens is 326 g/mol. The van der Waals surface area contributed by atoms with Crippen LogP contribution < -0.4 is 14.9 Å². The van der Waals surface area contributed by atoms with E-state index in [9.17, 15) is 8.42 Å². The predicted molar refractivity (Wildman–Crippen MR) is 95.0 cm³/mol. The summed E-state index contributed by atoms with van der Waals surface area (Å²) in [6.45, 7) is 1.32. The lowest BCUT2D eigenvalue weighted by Crippen LogP contribution is -2.42. The topological polar surface area (TPSA) is 87.2 Å². The highest BCUT2D eigenvalue weighted by molar-refractivity contribution is 7.90.